The summed E-state index contributed by atoms with van der Waals surface area (Å²) in [5, 5.41) is 3.10. The molecular formula is C7H19N3. The van der Waals surface area contributed by atoms with Crippen molar-refractivity contribution in [3.05, 3.63) is 0 Å². The zero-order valence-electron chi connectivity index (χ0n) is 6.93. The minimum absolute atomic E-state index is 0.102. The van der Waals surface area contributed by atoms with Crippen LogP contribution < -0.4 is 16.8 Å². The first-order valence-electron chi connectivity index (χ1n) is 3.91. The fourth-order valence-corrected chi connectivity index (χ4v) is 0.451. The Kier molecular flexibility index (Phi) is 5.58. The second kappa shape index (κ2) is 5.65. The first-order valence-corrected chi connectivity index (χ1v) is 3.91. The third-order valence-electron chi connectivity index (χ3n) is 1.23. The van der Waals surface area contributed by atoms with E-state index in [1.165, 1.54) is 6.54 Å². The molecule has 5 N–H and O–H groups in total. The summed E-state index contributed by atoms with van der Waals surface area (Å²) < 4.78 is 0. The number of rotatable bonds is 2. The smallest absolute Gasteiger partial charge is 0.0520 e. The van der Waals surface area contributed by atoms with Crippen molar-refractivity contribution in [3.8, 4) is 0 Å². The van der Waals surface area contributed by atoms with E-state index in [9.17, 15) is 0 Å². The van der Waals surface area contributed by atoms with Gasteiger partial charge in [-0.3, -0.25) is 0 Å². The molecule has 1 aliphatic heterocycles. The summed E-state index contributed by atoms with van der Waals surface area (Å²) in [7, 11) is 0. The lowest BCUT2D eigenvalue weighted by Gasteiger charge is -1.97. The van der Waals surface area contributed by atoms with Gasteiger partial charge in [0.2, 0.25) is 0 Å². The number of nitrogens with one attached hydrogen (secondary N) is 1. The van der Waals surface area contributed by atoms with E-state index in [1.807, 2.05) is 0 Å². The summed E-state index contributed by atoms with van der Waals surface area (Å²) in [5.74, 6) is 0. The highest BCUT2D eigenvalue weighted by Crippen LogP contribution is 1.88. The molecule has 0 spiro atoms. The lowest BCUT2D eigenvalue weighted by atomic mass is 10.3. The third kappa shape index (κ3) is 10.8. The van der Waals surface area contributed by atoms with Gasteiger partial charge >= 0.3 is 0 Å². The van der Waals surface area contributed by atoms with Gasteiger partial charge in [0.1, 0.15) is 0 Å². The highest BCUT2D eigenvalue weighted by atomic mass is 15.1. The van der Waals surface area contributed by atoms with Crippen molar-refractivity contribution in [2.75, 3.05) is 6.54 Å². The minimum atomic E-state index is -0.102. The molecule has 0 aliphatic carbocycles. The topological polar surface area (TPSA) is 74.0 Å². The molecule has 62 valence electrons. The van der Waals surface area contributed by atoms with Crippen LogP contribution in [0.2, 0.25) is 0 Å². The molecule has 0 amide bonds. The standard InChI is InChI=1S/C4H12N2.C3H7N/c1-2-3-4(5)6;1-3-2-4-3/h4H,2-3,5-6H2,1H3;3-4H,2H2,1H3. The molecule has 1 aliphatic rings. The summed E-state index contributed by atoms with van der Waals surface area (Å²) in [4.78, 5) is 0. The van der Waals surface area contributed by atoms with E-state index in [4.69, 9.17) is 11.5 Å². The molecule has 0 radical (unpaired) electrons. The van der Waals surface area contributed by atoms with Crippen LogP contribution in [0.1, 0.15) is 26.7 Å². The van der Waals surface area contributed by atoms with Crippen molar-refractivity contribution in [3.63, 3.8) is 0 Å². The lowest BCUT2D eigenvalue weighted by molar-refractivity contribution is 0.627. The van der Waals surface area contributed by atoms with E-state index >= 15 is 0 Å². The molecule has 1 fully saturated rings. The fraction of sp³-hybridized carbons (Fsp3) is 1.00. The number of nitrogens with two attached hydrogens (primary N) is 2. The van der Waals surface area contributed by atoms with Gasteiger partial charge < -0.3 is 16.8 Å². The van der Waals surface area contributed by atoms with Crippen LogP contribution in [0.25, 0.3) is 0 Å². The molecule has 3 nitrogen and oxygen atoms in total. The van der Waals surface area contributed by atoms with E-state index in [2.05, 4.69) is 19.2 Å². The Balaban J connectivity index is 0.000000172. The second-order valence-electron chi connectivity index (χ2n) is 2.76. The van der Waals surface area contributed by atoms with Crippen LogP contribution in [-0.4, -0.2) is 18.8 Å². The van der Waals surface area contributed by atoms with Crippen LogP contribution in [0.5, 0.6) is 0 Å². The maximum absolute atomic E-state index is 5.18. The summed E-state index contributed by atoms with van der Waals surface area (Å²) in [5.41, 5.74) is 10.4. The maximum atomic E-state index is 5.18. The monoisotopic (exact) mass is 145 g/mol. The summed E-state index contributed by atoms with van der Waals surface area (Å²) >= 11 is 0. The Hall–Kier alpha value is -0.120. The van der Waals surface area contributed by atoms with Crippen LogP contribution in [0.15, 0.2) is 0 Å². The zero-order valence-corrected chi connectivity index (χ0v) is 6.93. The lowest BCUT2D eigenvalue weighted by Crippen LogP contribution is -2.29. The molecule has 1 rings (SSSR count). The summed E-state index contributed by atoms with van der Waals surface area (Å²) in [6.45, 7) is 5.46. The summed E-state index contributed by atoms with van der Waals surface area (Å²) in [6.07, 6.45) is 1.91. The van der Waals surface area contributed by atoms with Gasteiger partial charge in [0.25, 0.3) is 0 Å². The van der Waals surface area contributed by atoms with E-state index in [-0.39, 0.29) is 6.17 Å². The average molecular weight is 145 g/mol. The zero-order chi connectivity index (χ0) is 7.98. The molecule has 0 saturated carbocycles. The minimum Gasteiger partial charge on any atom is -0.316 e. The maximum Gasteiger partial charge on any atom is 0.0520 e. The molecule has 1 heterocycles. The summed E-state index contributed by atoms with van der Waals surface area (Å²) in [6, 6.07) is 0.833. The Morgan fingerprint density at radius 2 is 2.00 bits per heavy atom. The molecular weight excluding hydrogens is 126 g/mol. The number of hydrogen-bond donors (Lipinski definition) is 3. The van der Waals surface area contributed by atoms with Crippen molar-refractivity contribution < 1.29 is 0 Å². The van der Waals surface area contributed by atoms with Crippen molar-refractivity contribution in [1.29, 1.82) is 0 Å². The predicted octanol–water partition coefficient (Wildman–Crippen LogP) is 0.00810. The van der Waals surface area contributed by atoms with Crippen molar-refractivity contribution in [2.45, 2.75) is 38.9 Å². The Labute approximate surface area is 63.2 Å². The van der Waals surface area contributed by atoms with Gasteiger partial charge in [-0.15, -0.1) is 0 Å². The molecule has 10 heavy (non-hydrogen) atoms. The van der Waals surface area contributed by atoms with Gasteiger partial charge in [-0.25, -0.2) is 0 Å². The van der Waals surface area contributed by atoms with Crippen LogP contribution in [0, 0.1) is 0 Å². The Morgan fingerprint density at radius 3 is 2.00 bits per heavy atom. The third-order valence-corrected chi connectivity index (χ3v) is 1.23. The quantitative estimate of drug-likeness (QED) is 0.378. The molecule has 0 bridgehead atoms. The van der Waals surface area contributed by atoms with Crippen molar-refractivity contribution in [2.24, 2.45) is 11.5 Å². The second-order valence-corrected chi connectivity index (χ2v) is 2.76. The highest BCUT2D eigenvalue weighted by Gasteiger charge is 2.10. The Bertz CT molecular complexity index is 69.3. The average Bonchev–Trinajstić information content (AvgIpc) is 2.52. The molecule has 1 unspecified atom stereocenters. The molecule has 0 aromatic carbocycles. The van der Waals surface area contributed by atoms with Gasteiger partial charge in [0.05, 0.1) is 6.17 Å². The van der Waals surface area contributed by atoms with Crippen molar-refractivity contribution >= 4 is 0 Å². The molecule has 0 aromatic rings. The fourth-order valence-electron chi connectivity index (χ4n) is 0.451. The largest absolute Gasteiger partial charge is 0.316 e. The van der Waals surface area contributed by atoms with E-state index in [0.717, 1.165) is 18.9 Å². The van der Waals surface area contributed by atoms with Crippen LogP contribution >= 0.6 is 0 Å². The van der Waals surface area contributed by atoms with Gasteiger partial charge in [0.15, 0.2) is 0 Å². The Morgan fingerprint density at radius 1 is 1.60 bits per heavy atom. The van der Waals surface area contributed by atoms with Gasteiger partial charge in [-0.2, -0.15) is 0 Å². The molecule has 1 atom stereocenters. The molecule has 0 aromatic heterocycles. The van der Waals surface area contributed by atoms with E-state index in [1.54, 1.807) is 0 Å². The first-order chi connectivity index (χ1) is 4.66. The van der Waals surface area contributed by atoms with E-state index in [0.29, 0.717) is 0 Å². The molecule has 1 saturated heterocycles. The predicted molar refractivity (Wildman–Crippen MR) is 44.5 cm³/mol. The SMILES string of the molecule is CC1CN1.CCCC(N)N. The number of hydrogen-bond acceptors (Lipinski definition) is 3. The van der Waals surface area contributed by atoms with Crippen LogP contribution in [0.4, 0.5) is 0 Å². The van der Waals surface area contributed by atoms with Crippen molar-refractivity contribution in [1.82, 2.24) is 5.32 Å². The highest BCUT2D eigenvalue weighted by molar-refractivity contribution is 4.76. The first kappa shape index (κ1) is 9.88. The molecule has 3 heteroatoms. The van der Waals surface area contributed by atoms with Gasteiger partial charge in [-0.1, -0.05) is 13.3 Å². The van der Waals surface area contributed by atoms with Crippen LogP contribution in [-0.2, 0) is 0 Å². The van der Waals surface area contributed by atoms with Crippen LogP contribution in [0.3, 0.4) is 0 Å². The van der Waals surface area contributed by atoms with E-state index < -0.39 is 0 Å². The van der Waals surface area contributed by atoms with Gasteiger partial charge in [-0.05, 0) is 13.3 Å². The normalized spacial score (nSPS) is 21.9. The van der Waals surface area contributed by atoms with Gasteiger partial charge in [0, 0.05) is 12.6 Å².